The number of nitrogens with one attached hydrogen (secondary N) is 1. The van der Waals surface area contributed by atoms with Crippen molar-refractivity contribution in [3.05, 3.63) is 0 Å². The summed E-state index contributed by atoms with van der Waals surface area (Å²) in [4.78, 5) is 25.2. The summed E-state index contributed by atoms with van der Waals surface area (Å²) in [5.74, 6) is -0.369. The highest BCUT2D eigenvalue weighted by molar-refractivity contribution is 5.79. The molecule has 1 aliphatic heterocycles. The monoisotopic (exact) mass is 282 g/mol. The molecule has 1 heterocycles. The van der Waals surface area contributed by atoms with Crippen LogP contribution in [0, 0.1) is 5.92 Å². The molecule has 0 unspecified atom stereocenters. The van der Waals surface area contributed by atoms with Gasteiger partial charge in [-0.3, -0.25) is 14.9 Å². The van der Waals surface area contributed by atoms with Gasteiger partial charge in [-0.05, 0) is 26.2 Å². The van der Waals surface area contributed by atoms with Crippen molar-refractivity contribution in [3.63, 3.8) is 0 Å². The number of carboxylic acid groups (broad SMARTS) is 1. The number of rotatable bonds is 4. The Kier molecular flexibility index (Phi) is 5.02. The fourth-order valence-electron chi connectivity index (χ4n) is 3.37. The van der Waals surface area contributed by atoms with Crippen molar-refractivity contribution in [2.45, 2.75) is 57.4 Å². The normalized spacial score (nSPS) is 28.4. The van der Waals surface area contributed by atoms with Crippen LogP contribution >= 0.6 is 0 Å². The third-order valence-corrected chi connectivity index (χ3v) is 4.66. The van der Waals surface area contributed by atoms with Crippen LogP contribution in [-0.4, -0.2) is 47.1 Å². The number of carbonyl (C=O) groups is 2. The maximum absolute atomic E-state index is 12.6. The molecule has 0 radical (unpaired) electrons. The molecule has 2 N–H and O–H groups in total. The van der Waals surface area contributed by atoms with Crippen LogP contribution in [0.3, 0.4) is 0 Å². The highest BCUT2D eigenvalue weighted by Gasteiger charge is 2.37. The lowest BCUT2D eigenvalue weighted by Crippen LogP contribution is -2.48. The van der Waals surface area contributed by atoms with Crippen molar-refractivity contribution in [3.8, 4) is 0 Å². The lowest BCUT2D eigenvalue weighted by atomic mass is 9.98. The van der Waals surface area contributed by atoms with Crippen LogP contribution in [0.4, 0.5) is 0 Å². The van der Waals surface area contributed by atoms with Gasteiger partial charge in [0.1, 0.15) is 0 Å². The molecule has 1 atom stereocenters. The van der Waals surface area contributed by atoms with Crippen LogP contribution in [0.15, 0.2) is 0 Å². The van der Waals surface area contributed by atoms with Gasteiger partial charge in [0.05, 0.1) is 6.54 Å². The van der Waals surface area contributed by atoms with Crippen LogP contribution in [0.2, 0.25) is 0 Å². The van der Waals surface area contributed by atoms with E-state index in [0.717, 1.165) is 25.8 Å². The van der Waals surface area contributed by atoms with Gasteiger partial charge in [-0.1, -0.05) is 25.7 Å². The minimum Gasteiger partial charge on any atom is -0.480 e. The standard InChI is InChI=1S/C15H26N2O3/c1-15(16-10-13(18)19)8-9-17(11-15)14(20)12-6-4-2-3-5-7-12/h12,16H,2-11H2,1H3,(H,18,19)/t15-/m0/s1. The Hall–Kier alpha value is -1.10. The Balaban J connectivity index is 1.87. The Bertz CT molecular complexity index is 364. The van der Waals surface area contributed by atoms with E-state index in [1.54, 1.807) is 0 Å². The quantitative estimate of drug-likeness (QED) is 0.769. The van der Waals surface area contributed by atoms with E-state index in [4.69, 9.17) is 5.11 Å². The molecule has 5 heteroatoms. The molecule has 0 spiro atoms. The Labute approximate surface area is 120 Å². The highest BCUT2D eigenvalue weighted by Crippen LogP contribution is 2.28. The third-order valence-electron chi connectivity index (χ3n) is 4.66. The molecule has 2 fully saturated rings. The van der Waals surface area contributed by atoms with Crippen LogP contribution in [0.1, 0.15) is 51.9 Å². The topological polar surface area (TPSA) is 69.6 Å². The molecule has 2 aliphatic rings. The molecule has 0 aromatic carbocycles. The van der Waals surface area contributed by atoms with Gasteiger partial charge in [0, 0.05) is 24.5 Å². The third kappa shape index (κ3) is 3.95. The van der Waals surface area contributed by atoms with Crippen molar-refractivity contribution in [1.29, 1.82) is 0 Å². The van der Waals surface area contributed by atoms with Gasteiger partial charge < -0.3 is 10.0 Å². The van der Waals surface area contributed by atoms with Crippen LogP contribution in [-0.2, 0) is 9.59 Å². The molecule has 114 valence electrons. The number of carbonyl (C=O) groups excluding carboxylic acids is 1. The number of aliphatic carboxylic acids is 1. The lowest BCUT2D eigenvalue weighted by molar-refractivity contribution is -0.136. The fourth-order valence-corrected chi connectivity index (χ4v) is 3.37. The smallest absolute Gasteiger partial charge is 0.317 e. The first-order valence-electron chi connectivity index (χ1n) is 7.76. The van der Waals surface area contributed by atoms with E-state index in [1.165, 1.54) is 25.7 Å². The Morgan fingerprint density at radius 1 is 1.25 bits per heavy atom. The zero-order valence-corrected chi connectivity index (χ0v) is 12.4. The average molecular weight is 282 g/mol. The maximum atomic E-state index is 12.6. The number of amides is 1. The minimum atomic E-state index is -0.847. The first kappa shape index (κ1) is 15.3. The zero-order valence-electron chi connectivity index (χ0n) is 12.4. The summed E-state index contributed by atoms with van der Waals surface area (Å²) in [5.41, 5.74) is -0.251. The zero-order chi connectivity index (χ0) is 14.6. The number of nitrogens with zero attached hydrogens (tertiary/aromatic N) is 1. The summed E-state index contributed by atoms with van der Waals surface area (Å²) in [5, 5.41) is 11.8. The molecule has 0 aromatic heterocycles. The second kappa shape index (κ2) is 6.57. The molecule has 1 saturated carbocycles. The predicted octanol–water partition coefficient (Wildman–Crippen LogP) is 1.62. The Morgan fingerprint density at radius 3 is 2.50 bits per heavy atom. The number of hydrogen-bond acceptors (Lipinski definition) is 3. The van der Waals surface area contributed by atoms with E-state index < -0.39 is 5.97 Å². The molecule has 1 saturated heterocycles. The van der Waals surface area contributed by atoms with Crippen LogP contribution < -0.4 is 5.32 Å². The fraction of sp³-hybridized carbons (Fsp3) is 0.867. The van der Waals surface area contributed by atoms with E-state index in [2.05, 4.69) is 5.32 Å². The second-order valence-electron chi connectivity index (χ2n) is 6.51. The van der Waals surface area contributed by atoms with E-state index in [-0.39, 0.29) is 23.9 Å². The van der Waals surface area contributed by atoms with Gasteiger partial charge in [-0.25, -0.2) is 0 Å². The molecule has 5 nitrogen and oxygen atoms in total. The van der Waals surface area contributed by atoms with Crippen LogP contribution in [0.25, 0.3) is 0 Å². The Morgan fingerprint density at radius 2 is 1.90 bits per heavy atom. The minimum absolute atomic E-state index is 0.0397. The van der Waals surface area contributed by atoms with Crippen molar-refractivity contribution in [2.75, 3.05) is 19.6 Å². The van der Waals surface area contributed by atoms with Gasteiger partial charge in [-0.15, -0.1) is 0 Å². The van der Waals surface area contributed by atoms with Crippen molar-refractivity contribution < 1.29 is 14.7 Å². The first-order valence-corrected chi connectivity index (χ1v) is 7.76. The second-order valence-corrected chi connectivity index (χ2v) is 6.51. The van der Waals surface area contributed by atoms with Gasteiger partial charge >= 0.3 is 5.97 Å². The molecule has 2 rings (SSSR count). The van der Waals surface area contributed by atoms with E-state index >= 15 is 0 Å². The molecular formula is C15H26N2O3. The molecule has 0 bridgehead atoms. The molecule has 1 amide bonds. The number of carboxylic acids is 1. The van der Waals surface area contributed by atoms with Gasteiger partial charge in [0.25, 0.3) is 0 Å². The lowest BCUT2D eigenvalue weighted by Gasteiger charge is -2.27. The van der Waals surface area contributed by atoms with Crippen molar-refractivity contribution in [1.82, 2.24) is 10.2 Å². The number of hydrogen-bond donors (Lipinski definition) is 2. The summed E-state index contributed by atoms with van der Waals surface area (Å²) in [6.45, 7) is 3.35. The SMILES string of the molecule is C[C@]1(NCC(=O)O)CCN(C(=O)C2CCCCCC2)C1. The molecular weight excluding hydrogens is 256 g/mol. The predicted molar refractivity (Wildman–Crippen MR) is 76.4 cm³/mol. The summed E-state index contributed by atoms with van der Waals surface area (Å²) in [6, 6.07) is 0. The molecule has 20 heavy (non-hydrogen) atoms. The molecule has 0 aromatic rings. The van der Waals surface area contributed by atoms with E-state index in [0.29, 0.717) is 6.54 Å². The largest absolute Gasteiger partial charge is 0.480 e. The van der Waals surface area contributed by atoms with Gasteiger partial charge in [0.2, 0.25) is 5.91 Å². The summed E-state index contributed by atoms with van der Waals surface area (Å²) in [6.07, 6.45) is 7.71. The maximum Gasteiger partial charge on any atom is 0.317 e. The first-order chi connectivity index (χ1) is 9.50. The van der Waals surface area contributed by atoms with E-state index in [1.807, 2.05) is 11.8 Å². The molecule has 1 aliphatic carbocycles. The summed E-state index contributed by atoms with van der Waals surface area (Å²) >= 11 is 0. The van der Waals surface area contributed by atoms with Gasteiger partial charge in [0.15, 0.2) is 0 Å². The van der Waals surface area contributed by atoms with E-state index in [9.17, 15) is 9.59 Å². The van der Waals surface area contributed by atoms with Crippen LogP contribution in [0.5, 0.6) is 0 Å². The summed E-state index contributed by atoms with van der Waals surface area (Å²) in [7, 11) is 0. The highest BCUT2D eigenvalue weighted by atomic mass is 16.4. The van der Waals surface area contributed by atoms with Crippen molar-refractivity contribution >= 4 is 11.9 Å². The summed E-state index contributed by atoms with van der Waals surface area (Å²) < 4.78 is 0. The number of likely N-dealkylation sites (tertiary alicyclic amines) is 1. The van der Waals surface area contributed by atoms with Crippen molar-refractivity contribution in [2.24, 2.45) is 5.92 Å². The average Bonchev–Trinajstić information content (AvgIpc) is 2.64. The van der Waals surface area contributed by atoms with Gasteiger partial charge in [-0.2, -0.15) is 0 Å².